The van der Waals surface area contributed by atoms with E-state index in [4.69, 9.17) is 4.74 Å². The fourth-order valence-electron chi connectivity index (χ4n) is 6.48. The van der Waals surface area contributed by atoms with E-state index in [1.54, 1.807) is 23.6 Å². The topological polar surface area (TPSA) is 95.9 Å². The van der Waals surface area contributed by atoms with Gasteiger partial charge in [-0.25, -0.2) is 0 Å². The van der Waals surface area contributed by atoms with Crippen LogP contribution in [0, 0.1) is 17.3 Å². The van der Waals surface area contributed by atoms with E-state index in [-0.39, 0.29) is 41.7 Å². The molecule has 3 heterocycles. The Morgan fingerprint density at radius 1 is 1.28 bits per heavy atom. The molecule has 3 rings (SSSR count). The molecular formula is C24H40N2O5S. The van der Waals surface area contributed by atoms with Crippen LogP contribution in [0.4, 0.5) is 0 Å². The van der Waals surface area contributed by atoms with Crippen molar-refractivity contribution in [2.45, 2.75) is 102 Å². The van der Waals surface area contributed by atoms with Crippen molar-refractivity contribution in [2.24, 2.45) is 17.3 Å². The number of esters is 1. The van der Waals surface area contributed by atoms with E-state index in [2.05, 4.69) is 26.1 Å². The van der Waals surface area contributed by atoms with Gasteiger partial charge in [-0.2, -0.15) is 0 Å². The molecule has 0 aromatic heterocycles. The number of fused-ring (bicyclic) bond motifs is 1. The zero-order chi connectivity index (χ0) is 24.1. The van der Waals surface area contributed by atoms with Gasteiger partial charge < -0.3 is 20.1 Å². The summed E-state index contributed by atoms with van der Waals surface area (Å²) in [6.45, 7) is 14.2. The number of carbonyl (C=O) groups is 3. The van der Waals surface area contributed by atoms with Gasteiger partial charge in [0.15, 0.2) is 0 Å². The minimum atomic E-state index is -0.703. The molecule has 2 bridgehead atoms. The molecule has 3 aliphatic heterocycles. The number of aliphatic hydroxyl groups is 1. The number of thioether (sulfide) groups is 1. The number of carbonyl (C=O) groups excluding carboxylic acids is 3. The molecule has 0 aromatic carbocycles. The van der Waals surface area contributed by atoms with Gasteiger partial charge in [0.05, 0.1) is 35.8 Å². The smallest absolute Gasteiger partial charge is 0.310 e. The van der Waals surface area contributed by atoms with Crippen molar-refractivity contribution in [3.63, 3.8) is 0 Å². The lowest BCUT2D eigenvalue weighted by atomic mass is 9.71. The lowest BCUT2D eigenvalue weighted by Gasteiger charge is -2.40. The van der Waals surface area contributed by atoms with Crippen LogP contribution in [0.5, 0.6) is 0 Å². The minimum Gasteiger partial charge on any atom is -0.466 e. The van der Waals surface area contributed by atoms with E-state index in [0.29, 0.717) is 12.8 Å². The fraction of sp³-hybridized carbons (Fsp3) is 0.875. The Morgan fingerprint density at radius 2 is 1.94 bits per heavy atom. The summed E-state index contributed by atoms with van der Waals surface area (Å²) in [5.41, 5.74) is -0.434. The summed E-state index contributed by atoms with van der Waals surface area (Å²) in [6.07, 6.45) is 2.82. The predicted octanol–water partition coefficient (Wildman–Crippen LogP) is 2.74. The Hall–Kier alpha value is -1.28. The number of nitrogens with one attached hydrogen (secondary N) is 1. The van der Waals surface area contributed by atoms with Crippen LogP contribution in [0.3, 0.4) is 0 Å². The molecule has 6 atom stereocenters. The van der Waals surface area contributed by atoms with Crippen LogP contribution in [-0.4, -0.2) is 68.6 Å². The number of hydrogen-bond donors (Lipinski definition) is 2. The van der Waals surface area contributed by atoms with Gasteiger partial charge >= 0.3 is 5.97 Å². The standard InChI is InChI=1S/C24H40N2O5S/c1-8-14(12-27)26-18(19(28)25-23(6,7)13-22(3,4)5)24-11-10-15(32-24)16(17(24)20(26)29)21(30)31-9-2/h14-18,27H,8-13H2,1-7H3,(H,25,28)/t14-,15+,16-,17-,18?,24?/m0/s1. The zero-order valence-electron chi connectivity index (χ0n) is 20.6. The molecule has 182 valence electrons. The molecule has 8 heteroatoms. The summed E-state index contributed by atoms with van der Waals surface area (Å²) in [7, 11) is 0. The molecule has 3 fully saturated rings. The summed E-state index contributed by atoms with van der Waals surface area (Å²) in [5.74, 6) is -1.81. The first-order valence-electron chi connectivity index (χ1n) is 11.9. The van der Waals surface area contributed by atoms with E-state index >= 15 is 0 Å². The highest BCUT2D eigenvalue weighted by atomic mass is 32.2. The maximum Gasteiger partial charge on any atom is 0.310 e. The molecule has 2 N–H and O–H groups in total. The first-order valence-corrected chi connectivity index (χ1v) is 12.8. The maximum absolute atomic E-state index is 13.9. The number of aliphatic hydroxyl groups excluding tert-OH is 1. The predicted molar refractivity (Wildman–Crippen MR) is 125 cm³/mol. The lowest BCUT2D eigenvalue weighted by Crippen LogP contribution is -2.60. The minimum absolute atomic E-state index is 0.00256. The largest absolute Gasteiger partial charge is 0.466 e. The molecule has 7 nitrogen and oxygen atoms in total. The molecule has 1 spiro atoms. The summed E-state index contributed by atoms with van der Waals surface area (Å²) < 4.78 is 4.69. The van der Waals surface area contributed by atoms with Gasteiger partial charge in [-0.15, -0.1) is 11.8 Å². The van der Waals surface area contributed by atoms with Crippen molar-refractivity contribution < 1.29 is 24.2 Å². The van der Waals surface area contributed by atoms with Crippen molar-refractivity contribution in [1.82, 2.24) is 10.2 Å². The average Bonchev–Trinajstić information content (AvgIpc) is 3.28. The van der Waals surface area contributed by atoms with Crippen molar-refractivity contribution in [3.05, 3.63) is 0 Å². The second kappa shape index (κ2) is 8.82. The number of hydrogen-bond acceptors (Lipinski definition) is 6. The second-order valence-electron chi connectivity index (χ2n) is 11.4. The second-order valence-corrected chi connectivity index (χ2v) is 13.0. The first kappa shape index (κ1) is 25.3. The number of nitrogens with zero attached hydrogens (tertiary/aromatic N) is 1. The fourth-order valence-corrected chi connectivity index (χ4v) is 8.67. The summed E-state index contributed by atoms with van der Waals surface area (Å²) in [5, 5.41) is 13.3. The molecule has 0 radical (unpaired) electrons. The SMILES string of the molecule is CCOC(=O)[C@@H]1[C@H]2C(=O)N([C@@H](CC)CO)C(C(=O)NC(C)(C)CC(C)(C)C)C23CC[C@H]1S3. The van der Waals surface area contributed by atoms with Gasteiger partial charge in [-0.3, -0.25) is 14.4 Å². The molecular weight excluding hydrogens is 428 g/mol. The zero-order valence-corrected chi connectivity index (χ0v) is 21.4. The molecule has 3 aliphatic rings. The van der Waals surface area contributed by atoms with Crippen LogP contribution in [0.25, 0.3) is 0 Å². The van der Waals surface area contributed by atoms with Gasteiger partial charge in [-0.1, -0.05) is 27.7 Å². The molecule has 0 aromatic rings. The van der Waals surface area contributed by atoms with Crippen molar-refractivity contribution in [3.8, 4) is 0 Å². The van der Waals surface area contributed by atoms with E-state index in [1.165, 1.54) is 0 Å². The maximum atomic E-state index is 13.9. The summed E-state index contributed by atoms with van der Waals surface area (Å²) in [6, 6.07) is -1.16. The molecule has 2 amide bonds. The quantitative estimate of drug-likeness (QED) is 0.532. The van der Waals surface area contributed by atoms with Crippen LogP contribution >= 0.6 is 11.8 Å². The Balaban J connectivity index is 2.00. The molecule has 32 heavy (non-hydrogen) atoms. The van der Waals surface area contributed by atoms with Gasteiger partial charge in [0, 0.05) is 10.8 Å². The monoisotopic (exact) mass is 468 g/mol. The molecule has 2 unspecified atom stereocenters. The molecule has 3 saturated heterocycles. The van der Waals surface area contributed by atoms with E-state index in [1.807, 2.05) is 20.8 Å². The van der Waals surface area contributed by atoms with Crippen LogP contribution in [0.1, 0.15) is 74.1 Å². The molecule has 0 saturated carbocycles. The van der Waals surface area contributed by atoms with E-state index in [0.717, 1.165) is 12.8 Å². The lowest BCUT2D eigenvalue weighted by molar-refractivity contribution is -0.154. The highest BCUT2D eigenvalue weighted by Gasteiger charge is 2.74. The highest BCUT2D eigenvalue weighted by molar-refractivity contribution is 8.02. The van der Waals surface area contributed by atoms with Gasteiger partial charge in [0.25, 0.3) is 0 Å². The summed E-state index contributed by atoms with van der Waals surface area (Å²) >= 11 is 1.63. The number of rotatable bonds is 8. The van der Waals surface area contributed by atoms with Crippen LogP contribution in [0.2, 0.25) is 0 Å². The van der Waals surface area contributed by atoms with Gasteiger partial charge in [-0.05, 0) is 51.9 Å². The molecule has 0 aliphatic carbocycles. The third-order valence-electron chi connectivity index (χ3n) is 7.05. The van der Waals surface area contributed by atoms with Crippen LogP contribution < -0.4 is 5.32 Å². The Morgan fingerprint density at radius 3 is 2.47 bits per heavy atom. The number of ether oxygens (including phenoxy) is 1. The Labute approximate surface area is 196 Å². The summed E-state index contributed by atoms with van der Waals surface area (Å²) in [4.78, 5) is 42.1. The Kier molecular flexibility index (Phi) is 6.99. The van der Waals surface area contributed by atoms with Crippen LogP contribution in [0.15, 0.2) is 0 Å². The van der Waals surface area contributed by atoms with Crippen molar-refractivity contribution >= 4 is 29.5 Å². The van der Waals surface area contributed by atoms with E-state index in [9.17, 15) is 19.5 Å². The van der Waals surface area contributed by atoms with Crippen molar-refractivity contribution in [1.29, 1.82) is 0 Å². The van der Waals surface area contributed by atoms with Crippen LogP contribution in [-0.2, 0) is 19.1 Å². The Bertz CT molecular complexity index is 760. The number of likely N-dealkylation sites (tertiary alicyclic amines) is 1. The highest BCUT2D eigenvalue weighted by Crippen LogP contribution is 2.66. The van der Waals surface area contributed by atoms with Gasteiger partial charge in [0.1, 0.15) is 6.04 Å². The third kappa shape index (κ3) is 4.29. The first-order chi connectivity index (χ1) is 14.8. The average molecular weight is 469 g/mol. The normalized spacial score (nSPS) is 32.8. The van der Waals surface area contributed by atoms with Gasteiger partial charge in [0.2, 0.25) is 11.8 Å². The third-order valence-corrected chi connectivity index (χ3v) is 9.01. The van der Waals surface area contributed by atoms with Crippen molar-refractivity contribution in [2.75, 3.05) is 13.2 Å². The number of amides is 2. The van der Waals surface area contributed by atoms with E-state index < -0.39 is 34.2 Å².